The molecule has 0 spiro atoms. The molecule has 0 bridgehead atoms. The van der Waals surface area contributed by atoms with Gasteiger partial charge in [0.05, 0.1) is 5.69 Å². The van der Waals surface area contributed by atoms with Gasteiger partial charge in [0.15, 0.2) is 0 Å². The highest BCUT2D eigenvalue weighted by Gasteiger charge is 1.86. The van der Waals surface area contributed by atoms with Crippen molar-refractivity contribution in [1.82, 2.24) is 0 Å². The zero-order chi connectivity index (χ0) is 8.27. The Balaban J connectivity index is 2.91. The molecule has 58 valence electrons. The predicted molar refractivity (Wildman–Crippen MR) is 49.6 cm³/mol. The highest BCUT2D eigenvalue weighted by Crippen LogP contribution is 2.12. The Morgan fingerprint density at radius 2 is 1.64 bits per heavy atom. The molecule has 0 aliphatic heterocycles. The van der Waals surface area contributed by atoms with E-state index < -0.39 is 0 Å². The number of hydrogen-bond donors (Lipinski definition) is 0. The minimum Gasteiger partial charge on any atom is -0.258 e. The average molecular weight is 147 g/mol. The Morgan fingerprint density at radius 1 is 1.09 bits per heavy atom. The van der Waals surface area contributed by atoms with Crippen molar-refractivity contribution in [2.24, 2.45) is 4.99 Å². The SMILES string of the molecule is CC(C)=Nc1ccc(C)cc1. The fourth-order valence-corrected chi connectivity index (χ4v) is 0.877. The van der Waals surface area contributed by atoms with E-state index in [-0.39, 0.29) is 0 Å². The molecule has 0 aromatic heterocycles. The maximum Gasteiger partial charge on any atom is 0.0628 e. The number of aliphatic imine (C=N–C) groups is 1. The fourth-order valence-electron chi connectivity index (χ4n) is 0.877. The second kappa shape index (κ2) is 3.33. The summed E-state index contributed by atoms with van der Waals surface area (Å²) in [5, 5.41) is 0. The molecule has 0 saturated heterocycles. The molecule has 0 N–H and O–H groups in total. The molecule has 0 saturated carbocycles. The van der Waals surface area contributed by atoms with Crippen LogP contribution < -0.4 is 0 Å². The Labute approximate surface area is 67.8 Å². The van der Waals surface area contributed by atoms with E-state index in [1.165, 1.54) is 5.56 Å². The molecule has 1 heteroatoms. The quantitative estimate of drug-likeness (QED) is 0.541. The number of nitrogens with zero attached hydrogens (tertiary/aromatic N) is 1. The lowest BCUT2D eigenvalue weighted by Crippen LogP contribution is -1.77. The smallest absolute Gasteiger partial charge is 0.0628 e. The first-order chi connectivity index (χ1) is 5.18. The van der Waals surface area contributed by atoms with Crippen LogP contribution in [0, 0.1) is 6.92 Å². The summed E-state index contributed by atoms with van der Waals surface area (Å²) >= 11 is 0. The summed E-state index contributed by atoms with van der Waals surface area (Å²) < 4.78 is 0. The third-order valence-electron chi connectivity index (χ3n) is 1.39. The molecule has 0 aliphatic rings. The Morgan fingerprint density at radius 3 is 2.09 bits per heavy atom. The summed E-state index contributed by atoms with van der Waals surface area (Å²) in [7, 11) is 0. The van der Waals surface area contributed by atoms with Gasteiger partial charge in [0.2, 0.25) is 0 Å². The highest BCUT2D eigenvalue weighted by atomic mass is 14.7. The average Bonchev–Trinajstić information content (AvgIpc) is 1.93. The summed E-state index contributed by atoms with van der Waals surface area (Å²) in [5.74, 6) is 0. The first-order valence-corrected chi connectivity index (χ1v) is 3.77. The third-order valence-corrected chi connectivity index (χ3v) is 1.39. The van der Waals surface area contributed by atoms with Crippen LogP contribution in [0.4, 0.5) is 5.69 Å². The molecule has 0 fully saturated rings. The van der Waals surface area contributed by atoms with Gasteiger partial charge in [-0.2, -0.15) is 0 Å². The van der Waals surface area contributed by atoms with Crippen LogP contribution in [-0.4, -0.2) is 5.71 Å². The third kappa shape index (κ3) is 2.54. The number of aryl methyl sites for hydroxylation is 1. The van der Waals surface area contributed by atoms with Crippen molar-refractivity contribution in [1.29, 1.82) is 0 Å². The minimum atomic E-state index is 1.04. The molecule has 0 heterocycles. The van der Waals surface area contributed by atoms with E-state index >= 15 is 0 Å². The van der Waals surface area contributed by atoms with Gasteiger partial charge in [0, 0.05) is 5.71 Å². The molecule has 11 heavy (non-hydrogen) atoms. The molecule has 0 unspecified atom stereocenters. The Hall–Kier alpha value is -1.11. The van der Waals surface area contributed by atoms with Gasteiger partial charge in [-0.05, 0) is 32.9 Å². The van der Waals surface area contributed by atoms with Crippen LogP contribution in [-0.2, 0) is 0 Å². The lowest BCUT2D eigenvalue weighted by Gasteiger charge is -1.94. The maximum absolute atomic E-state index is 4.32. The van der Waals surface area contributed by atoms with Crippen LogP contribution >= 0.6 is 0 Å². The number of rotatable bonds is 1. The largest absolute Gasteiger partial charge is 0.258 e. The molecule has 0 radical (unpaired) electrons. The molecule has 0 atom stereocenters. The zero-order valence-electron chi connectivity index (χ0n) is 7.26. The number of hydrogen-bond acceptors (Lipinski definition) is 1. The van der Waals surface area contributed by atoms with Crippen molar-refractivity contribution in [2.75, 3.05) is 0 Å². The summed E-state index contributed by atoms with van der Waals surface area (Å²) in [6.07, 6.45) is 0. The molecule has 0 aliphatic carbocycles. The van der Waals surface area contributed by atoms with Gasteiger partial charge in [0.1, 0.15) is 0 Å². The zero-order valence-corrected chi connectivity index (χ0v) is 7.26. The second-order valence-electron chi connectivity index (χ2n) is 2.89. The van der Waals surface area contributed by atoms with Crippen LogP contribution in [0.15, 0.2) is 29.3 Å². The molecule has 1 aromatic carbocycles. The molecular weight excluding hydrogens is 134 g/mol. The van der Waals surface area contributed by atoms with Gasteiger partial charge in [-0.3, -0.25) is 4.99 Å². The van der Waals surface area contributed by atoms with Crippen molar-refractivity contribution in [2.45, 2.75) is 20.8 Å². The molecule has 1 aromatic rings. The van der Waals surface area contributed by atoms with Gasteiger partial charge in [-0.15, -0.1) is 0 Å². The van der Waals surface area contributed by atoms with Crippen LogP contribution in [0.5, 0.6) is 0 Å². The van der Waals surface area contributed by atoms with Gasteiger partial charge >= 0.3 is 0 Å². The summed E-state index contributed by atoms with van der Waals surface area (Å²) in [5.41, 5.74) is 3.40. The van der Waals surface area contributed by atoms with Crippen LogP contribution in [0.3, 0.4) is 0 Å². The van der Waals surface area contributed by atoms with Crippen LogP contribution in [0.25, 0.3) is 0 Å². The monoisotopic (exact) mass is 147 g/mol. The van der Waals surface area contributed by atoms with Gasteiger partial charge in [-0.1, -0.05) is 17.7 Å². The molecular formula is C10H13N. The van der Waals surface area contributed by atoms with Crippen molar-refractivity contribution < 1.29 is 0 Å². The normalized spacial score (nSPS) is 9.36. The van der Waals surface area contributed by atoms with Crippen molar-refractivity contribution in [3.05, 3.63) is 29.8 Å². The van der Waals surface area contributed by atoms with E-state index in [2.05, 4.69) is 24.0 Å². The summed E-state index contributed by atoms with van der Waals surface area (Å²) in [6, 6.07) is 8.20. The molecule has 1 rings (SSSR count). The van der Waals surface area contributed by atoms with E-state index in [0.29, 0.717) is 0 Å². The standard InChI is InChI=1S/C10H13N/c1-8(2)11-10-6-4-9(3)5-7-10/h4-7H,1-3H3. The topological polar surface area (TPSA) is 12.4 Å². The van der Waals surface area contributed by atoms with E-state index in [1.54, 1.807) is 0 Å². The number of benzene rings is 1. The van der Waals surface area contributed by atoms with E-state index in [0.717, 1.165) is 11.4 Å². The van der Waals surface area contributed by atoms with E-state index in [1.807, 2.05) is 26.0 Å². The van der Waals surface area contributed by atoms with Crippen molar-refractivity contribution in [3.63, 3.8) is 0 Å². The molecule has 0 amide bonds. The Bertz CT molecular complexity index is 253. The summed E-state index contributed by atoms with van der Waals surface area (Å²) in [6.45, 7) is 6.08. The molecule has 1 nitrogen and oxygen atoms in total. The van der Waals surface area contributed by atoms with Gasteiger partial charge < -0.3 is 0 Å². The highest BCUT2D eigenvalue weighted by molar-refractivity contribution is 5.81. The van der Waals surface area contributed by atoms with Gasteiger partial charge in [-0.25, -0.2) is 0 Å². The fraction of sp³-hybridized carbons (Fsp3) is 0.300. The first kappa shape index (κ1) is 7.99. The van der Waals surface area contributed by atoms with Crippen molar-refractivity contribution in [3.8, 4) is 0 Å². The van der Waals surface area contributed by atoms with Crippen molar-refractivity contribution >= 4 is 11.4 Å². The second-order valence-corrected chi connectivity index (χ2v) is 2.89. The van der Waals surface area contributed by atoms with E-state index in [9.17, 15) is 0 Å². The maximum atomic E-state index is 4.32. The first-order valence-electron chi connectivity index (χ1n) is 3.77. The lowest BCUT2D eigenvalue weighted by atomic mass is 10.2. The Kier molecular flexibility index (Phi) is 2.42. The minimum absolute atomic E-state index is 1.04. The van der Waals surface area contributed by atoms with Crippen LogP contribution in [0.2, 0.25) is 0 Å². The lowest BCUT2D eigenvalue weighted by molar-refractivity contribution is 1.42. The van der Waals surface area contributed by atoms with E-state index in [4.69, 9.17) is 0 Å². The van der Waals surface area contributed by atoms with Crippen LogP contribution in [0.1, 0.15) is 19.4 Å². The predicted octanol–water partition coefficient (Wildman–Crippen LogP) is 3.11. The summed E-state index contributed by atoms with van der Waals surface area (Å²) in [4.78, 5) is 4.32. The van der Waals surface area contributed by atoms with Gasteiger partial charge in [0.25, 0.3) is 0 Å².